The Morgan fingerprint density at radius 1 is 1.14 bits per heavy atom. The summed E-state index contributed by atoms with van der Waals surface area (Å²) in [5.74, 6) is -0.110. The fourth-order valence-electron chi connectivity index (χ4n) is 3.51. The second kappa shape index (κ2) is 8.68. The van der Waals surface area contributed by atoms with Crippen LogP contribution in [0.4, 0.5) is 0 Å². The quantitative estimate of drug-likeness (QED) is 0.688. The van der Waals surface area contributed by atoms with Gasteiger partial charge in [0.25, 0.3) is 0 Å². The van der Waals surface area contributed by atoms with Crippen molar-refractivity contribution in [3.63, 3.8) is 0 Å². The maximum Gasteiger partial charge on any atom is 0.241 e. The molecule has 2 heterocycles. The van der Waals surface area contributed by atoms with Gasteiger partial charge in [-0.1, -0.05) is 47.1 Å². The van der Waals surface area contributed by atoms with Gasteiger partial charge in [-0.25, -0.2) is 4.68 Å². The number of fused-ring (bicyclic) bond motifs is 1. The number of ether oxygens (including phenoxy) is 1. The highest BCUT2D eigenvalue weighted by Crippen LogP contribution is 2.27. The van der Waals surface area contributed by atoms with Crippen LogP contribution in [0.1, 0.15) is 11.6 Å². The van der Waals surface area contributed by atoms with Crippen LogP contribution in [-0.2, 0) is 16.1 Å². The maximum atomic E-state index is 12.6. The first-order valence-electron chi connectivity index (χ1n) is 9.33. The molecule has 1 fully saturated rings. The van der Waals surface area contributed by atoms with Crippen molar-refractivity contribution in [2.24, 2.45) is 0 Å². The Labute approximate surface area is 168 Å². The van der Waals surface area contributed by atoms with E-state index >= 15 is 0 Å². The Morgan fingerprint density at radius 3 is 2.71 bits per heavy atom. The molecule has 2 aromatic carbocycles. The minimum absolute atomic E-state index is 0.00552. The number of nitrogens with zero attached hydrogens (tertiary/aromatic N) is 4. The van der Waals surface area contributed by atoms with Gasteiger partial charge >= 0.3 is 0 Å². The summed E-state index contributed by atoms with van der Waals surface area (Å²) in [4.78, 5) is 14.9. The Hall–Kier alpha value is -2.48. The highest BCUT2D eigenvalue weighted by molar-refractivity contribution is 6.31. The van der Waals surface area contributed by atoms with Crippen molar-refractivity contribution in [2.45, 2.75) is 12.6 Å². The van der Waals surface area contributed by atoms with Crippen LogP contribution in [0.2, 0.25) is 5.02 Å². The van der Waals surface area contributed by atoms with E-state index in [9.17, 15) is 4.79 Å². The lowest BCUT2D eigenvalue weighted by Gasteiger charge is -2.35. The number of rotatable bonds is 6. The molecule has 0 unspecified atom stereocenters. The third-order valence-corrected chi connectivity index (χ3v) is 5.30. The molecule has 1 amide bonds. The van der Waals surface area contributed by atoms with Crippen LogP contribution in [0.15, 0.2) is 48.5 Å². The molecule has 0 spiro atoms. The predicted octanol–water partition coefficient (Wildman–Crippen LogP) is 2.27. The van der Waals surface area contributed by atoms with E-state index in [1.165, 1.54) is 0 Å². The number of para-hydroxylation sites is 1. The summed E-state index contributed by atoms with van der Waals surface area (Å²) in [7, 11) is 0. The van der Waals surface area contributed by atoms with Crippen LogP contribution in [-0.4, -0.2) is 58.6 Å². The normalized spacial score (nSPS) is 16.2. The average molecular weight is 400 g/mol. The van der Waals surface area contributed by atoms with Crippen molar-refractivity contribution >= 4 is 28.5 Å². The van der Waals surface area contributed by atoms with Gasteiger partial charge in [-0.15, -0.1) is 5.10 Å². The van der Waals surface area contributed by atoms with E-state index in [4.69, 9.17) is 16.3 Å². The highest BCUT2D eigenvalue weighted by atomic mass is 35.5. The molecule has 28 heavy (non-hydrogen) atoms. The van der Waals surface area contributed by atoms with Crippen molar-refractivity contribution in [1.82, 2.24) is 25.2 Å². The van der Waals surface area contributed by atoms with Crippen LogP contribution >= 0.6 is 11.6 Å². The van der Waals surface area contributed by atoms with Crippen LogP contribution in [0.25, 0.3) is 11.0 Å². The summed E-state index contributed by atoms with van der Waals surface area (Å²) < 4.78 is 7.09. The minimum atomic E-state index is -0.110. The van der Waals surface area contributed by atoms with Gasteiger partial charge in [0.1, 0.15) is 12.1 Å². The van der Waals surface area contributed by atoms with Crippen molar-refractivity contribution in [1.29, 1.82) is 0 Å². The summed E-state index contributed by atoms with van der Waals surface area (Å²) in [6.45, 7) is 3.56. The molecular weight excluding hydrogens is 378 g/mol. The van der Waals surface area contributed by atoms with E-state index < -0.39 is 0 Å². The van der Waals surface area contributed by atoms with Gasteiger partial charge in [0.05, 0.1) is 24.8 Å². The van der Waals surface area contributed by atoms with Crippen molar-refractivity contribution in [3.05, 3.63) is 59.1 Å². The van der Waals surface area contributed by atoms with Gasteiger partial charge in [0.2, 0.25) is 5.91 Å². The van der Waals surface area contributed by atoms with E-state index in [2.05, 4.69) is 20.5 Å². The van der Waals surface area contributed by atoms with E-state index in [0.717, 1.165) is 29.7 Å². The number of nitrogens with one attached hydrogen (secondary N) is 1. The zero-order valence-corrected chi connectivity index (χ0v) is 16.2. The number of hydrogen-bond acceptors (Lipinski definition) is 5. The summed E-state index contributed by atoms with van der Waals surface area (Å²) in [5.41, 5.74) is 2.63. The van der Waals surface area contributed by atoms with E-state index in [1.807, 2.05) is 48.5 Å². The van der Waals surface area contributed by atoms with Gasteiger partial charge in [-0.2, -0.15) is 0 Å². The average Bonchev–Trinajstić information content (AvgIpc) is 3.13. The van der Waals surface area contributed by atoms with Gasteiger partial charge in [-0.3, -0.25) is 9.69 Å². The third kappa shape index (κ3) is 4.16. The van der Waals surface area contributed by atoms with Crippen molar-refractivity contribution < 1.29 is 9.53 Å². The fourth-order valence-corrected chi connectivity index (χ4v) is 3.77. The Kier molecular flexibility index (Phi) is 5.85. The molecule has 0 radical (unpaired) electrons. The van der Waals surface area contributed by atoms with Gasteiger partial charge in [0, 0.05) is 24.7 Å². The van der Waals surface area contributed by atoms with Crippen LogP contribution in [0.3, 0.4) is 0 Å². The number of amides is 1. The smallest absolute Gasteiger partial charge is 0.241 e. The topological polar surface area (TPSA) is 72.3 Å². The van der Waals surface area contributed by atoms with Crippen LogP contribution < -0.4 is 5.32 Å². The van der Waals surface area contributed by atoms with Crippen LogP contribution in [0.5, 0.6) is 0 Å². The molecule has 1 aromatic heterocycles. The molecule has 0 saturated carbocycles. The van der Waals surface area contributed by atoms with Gasteiger partial charge in [0.15, 0.2) is 0 Å². The molecule has 3 aromatic rings. The zero-order chi connectivity index (χ0) is 19.3. The summed E-state index contributed by atoms with van der Waals surface area (Å²) >= 11 is 6.44. The monoisotopic (exact) mass is 399 g/mol. The first-order valence-corrected chi connectivity index (χ1v) is 9.71. The number of carbonyl (C=O) groups is 1. The number of aromatic nitrogens is 3. The zero-order valence-electron chi connectivity index (χ0n) is 15.4. The molecule has 1 atom stereocenters. The van der Waals surface area contributed by atoms with E-state index in [1.54, 1.807) is 4.68 Å². The summed E-state index contributed by atoms with van der Waals surface area (Å²) in [5, 5.41) is 11.9. The Bertz CT molecular complexity index is 954. The predicted molar refractivity (Wildman–Crippen MR) is 107 cm³/mol. The molecule has 0 bridgehead atoms. The minimum Gasteiger partial charge on any atom is -0.379 e. The van der Waals surface area contributed by atoms with E-state index in [0.29, 0.717) is 24.8 Å². The third-order valence-electron chi connectivity index (χ3n) is 4.96. The van der Waals surface area contributed by atoms with Crippen LogP contribution in [0, 0.1) is 0 Å². The molecule has 7 nitrogen and oxygen atoms in total. The fraction of sp³-hybridized carbons (Fsp3) is 0.350. The number of morpholine rings is 1. The highest BCUT2D eigenvalue weighted by Gasteiger charge is 2.25. The van der Waals surface area contributed by atoms with Gasteiger partial charge in [-0.05, 0) is 23.8 Å². The second-order valence-corrected chi connectivity index (χ2v) is 7.13. The van der Waals surface area contributed by atoms with Crippen molar-refractivity contribution in [2.75, 3.05) is 32.8 Å². The molecule has 1 aliphatic rings. The number of carbonyl (C=O) groups excluding carboxylic acids is 1. The summed E-state index contributed by atoms with van der Waals surface area (Å²) in [6, 6.07) is 15.4. The lowest BCUT2D eigenvalue weighted by Crippen LogP contribution is -2.44. The lowest BCUT2D eigenvalue weighted by atomic mass is 10.0. The molecule has 0 aliphatic carbocycles. The lowest BCUT2D eigenvalue weighted by molar-refractivity contribution is -0.122. The van der Waals surface area contributed by atoms with Crippen molar-refractivity contribution in [3.8, 4) is 0 Å². The molecule has 1 saturated heterocycles. The molecular formula is C20H22ClN5O2. The standard InChI is InChI=1S/C20H22ClN5O2/c21-16-6-2-1-5-15(16)19(25-9-11-28-12-10-25)13-22-20(27)14-26-18-8-4-3-7-17(18)23-24-26/h1-8,19H,9-14H2,(H,22,27)/t19-/m1/s1. The second-order valence-electron chi connectivity index (χ2n) is 6.73. The first kappa shape index (κ1) is 18.9. The molecule has 1 N–H and O–H groups in total. The Morgan fingerprint density at radius 2 is 1.89 bits per heavy atom. The molecule has 146 valence electrons. The number of halogens is 1. The van der Waals surface area contributed by atoms with Gasteiger partial charge < -0.3 is 10.1 Å². The Balaban J connectivity index is 1.46. The number of hydrogen-bond donors (Lipinski definition) is 1. The molecule has 4 rings (SSSR count). The first-order chi connectivity index (χ1) is 13.7. The molecule has 1 aliphatic heterocycles. The SMILES string of the molecule is O=C(Cn1nnc2ccccc21)NC[C@H](c1ccccc1Cl)N1CCOCC1. The summed E-state index contributed by atoms with van der Waals surface area (Å²) in [6.07, 6.45) is 0. The van der Waals surface area contributed by atoms with E-state index in [-0.39, 0.29) is 18.5 Å². The maximum absolute atomic E-state index is 12.6. The number of benzene rings is 2. The largest absolute Gasteiger partial charge is 0.379 e. The molecule has 8 heteroatoms.